The van der Waals surface area contributed by atoms with Gasteiger partial charge >= 0.3 is 5.97 Å². The highest BCUT2D eigenvalue weighted by molar-refractivity contribution is 5.86. The maximum absolute atomic E-state index is 14.1. The van der Waals surface area contributed by atoms with E-state index >= 15 is 0 Å². The van der Waals surface area contributed by atoms with Crippen molar-refractivity contribution in [1.29, 1.82) is 0 Å². The molecule has 2 N–H and O–H groups in total. The number of nitrogens with two attached hydrogens (primary N) is 1. The molecule has 0 spiro atoms. The largest absolute Gasteiger partial charge is 0.460 e. The fourth-order valence-corrected chi connectivity index (χ4v) is 6.35. The summed E-state index contributed by atoms with van der Waals surface area (Å²) in [7, 11) is 0. The van der Waals surface area contributed by atoms with E-state index in [0.29, 0.717) is 6.42 Å². The van der Waals surface area contributed by atoms with Gasteiger partial charge in [0.1, 0.15) is 11.4 Å². The Morgan fingerprint density at radius 3 is 2.55 bits per heavy atom. The molecule has 0 amide bonds. The third-order valence-corrected chi connectivity index (χ3v) is 7.98. The predicted molar refractivity (Wildman–Crippen MR) is 174 cm³/mol. The second-order valence-electron chi connectivity index (χ2n) is 13.7. The van der Waals surface area contributed by atoms with Crippen molar-refractivity contribution in [3.63, 3.8) is 0 Å². The summed E-state index contributed by atoms with van der Waals surface area (Å²) in [5.74, 6) is -1.32. The van der Waals surface area contributed by atoms with E-state index in [2.05, 4.69) is 38.1 Å². The van der Waals surface area contributed by atoms with Gasteiger partial charge in [-0.15, -0.1) is 0 Å². The summed E-state index contributed by atoms with van der Waals surface area (Å²) < 4.78 is 32.1. The zero-order chi connectivity index (χ0) is 31.8. The summed E-state index contributed by atoms with van der Waals surface area (Å²) in [4.78, 5) is 18.0. The molecule has 7 heteroatoms. The topological polar surface area (TPSA) is 83.7 Å². The van der Waals surface area contributed by atoms with E-state index in [4.69, 9.17) is 24.9 Å². The Morgan fingerprint density at radius 1 is 1.14 bits per heavy atom. The first kappa shape index (κ1) is 31.9. The van der Waals surface area contributed by atoms with Crippen molar-refractivity contribution in [3.05, 3.63) is 76.7 Å². The minimum Gasteiger partial charge on any atom is -0.460 e. The van der Waals surface area contributed by atoms with Gasteiger partial charge in [0.15, 0.2) is 5.79 Å². The van der Waals surface area contributed by atoms with Crippen LogP contribution in [0.15, 0.2) is 48.5 Å². The molecule has 2 aromatic carbocycles. The number of halogens is 1. The standard InChI is InChI=1S/C37H45FN2O4/c1-22(2)34-31(18-16-27-20-28(43-37(6,7)42-27)21-32(41)44-36(3,4)5)33(23-11-13-25(38)14-12-23)30-10-8-9-24-19-26(39)15-17-29(24)35(30)40-34/h11-19,22,27-28H,8-10,20-21,39H2,1-7H3/t27-,28-/m1/s1. The number of aromatic nitrogens is 1. The predicted octanol–water partition coefficient (Wildman–Crippen LogP) is 8.40. The molecule has 44 heavy (non-hydrogen) atoms. The van der Waals surface area contributed by atoms with Gasteiger partial charge in [-0.3, -0.25) is 9.78 Å². The Kier molecular flexibility index (Phi) is 9.01. The van der Waals surface area contributed by atoms with Gasteiger partial charge in [0.25, 0.3) is 0 Å². The lowest BCUT2D eigenvalue weighted by Crippen LogP contribution is -2.45. The van der Waals surface area contributed by atoms with Crippen molar-refractivity contribution < 1.29 is 23.4 Å². The molecule has 0 bridgehead atoms. The maximum Gasteiger partial charge on any atom is 0.308 e. The van der Waals surface area contributed by atoms with Crippen LogP contribution in [0, 0.1) is 5.82 Å². The highest BCUT2D eigenvalue weighted by Gasteiger charge is 2.36. The third-order valence-electron chi connectivity index (χ3n) is 7.98. The average Bonchev–Trinajstić information content (AvgIpc) is 3.08. The highest BCUT2D eigenvalue weighted by Crippen LogP contribution is 2.42. The van der Waals surface area contributed by atoms with E-state index in [-0.39, 0.29) is 36.3 Å². The Labute approximate surface area is 260 Å². The van der Waals surface area contributed by atoms with Crippen molar-refractivity contribution in [2.45, 2.75) is 110 Å². The number of nitrogen functional groups attached to an aromatic ring is 1. The molecule has 0 saturated carbocycles. The molecule has 1 fully saturated rings. The molecule has 2 aliphatic rings. The lowest BCUT2D eigenvalue weighted by atomic mass is 9.86. The number of nitrogens with zero attached hydrogens (tertiary/aromatic N) is 1. The van der Waals surface area contributed by atoms with Crippen LogP contribution in [0.5, 0.6) is 0 Å². The second kappa shape index (κ2) is 12.4. The number of carbonyl (C=O) groups excluding carboxylic acids is 1. The third kappa shape index (κ3) is 7.39. The number of benzene rings is 2. The number of esters is 1. The van der Waals surface area contributed by atoms with Crippen LogP contribution in [0.1, 0.15) is 96.0 Å². The number of rotatable bonds is 6. The van der Waals surface area contributed by atoms with Gasteiger partial charge < -0.3 is 19.9 Å². The number of hydrogen-bond donors (Lipinski definition) is 1. The van der Waals surface area contributed by atoms with Gasteiger partial charge in [0, 0.05) is 23.2 Å². The fraction of sp³-hybridized carbons (Fsp3) is 0.459. The zero-order valence-corrected chi connectivity index (χ0v) is 27.0. The maximum atomic E-state index is 14.1. The van der Waals surface area contributed by atoms with E-state index in [1.165, 1.54) is 17.7 Å². The summed E-state index contributed by atoms with van der Waals surface area (Å²) in [6.45, 7) is 13.6. The quantitative estimate of drug-likeness (QED) is 0.226. The van der Waals surface area contributed by atoms with E-state index in [0.717, 1.165) is 64.2 Å². The lowest BCUT2D eigenvalue weighted by Gasteiger charge is -2.40. The van der Waals surface area contributed by atoms with E-state index in [9.17, 15) is 9.18 Å². The summed E-state index contributed by atoms with van der Waals surface area (Å²) in [5, 5.41) is 0. The Hall–Kier alpha value is -3.55. The molecule has 234 valence electrons. The zero-order valence-electron chi connectivity index (χ0n) is 27.0. The molecule has 2 atom stereocenters. The fourth-order valence-electron chi connectivity index (χ4n) is 6.35. The minimum absolute atomic E-state index is 0.117. The van der Waals surface area contributed by atoms with Crippen molar-refractivity contribution in [2.24, 2.45) is 0 Å². The van der Waals surface area contributed by atoms with Crippen LogP contribution in [-0.4, -0.2) is 34.5 Å². The number of pyridine rings is 1. The van der Waals surface area contributed by atoms with Crippen LogP contribution in [0.25, 0.3) is 28.5 Å². The van der Waals surface area contributed by atoms with Crippen molar-refractivity contribution >= 4 is 17.7 Å². The molecule has 1 aliphatic heterocycles. The average molecular weight is 601 g/mol. The normalized spacial score (nSPS) is 19.8. The molecule has 0 radical (unpaired) electrons. The van der Waals surface area contributed by atoms with Crippen LogP contribution >= 0.6 is 0 Å². The molecular formula is C37H45FN2O4. The first-order chi connectivity index (χ1) is 20.7. The van der Waals surface area contributed by atoms with Gasteiger partial charge in [-0.25, -0.2) is 4.39 Å². The number of hydrogen-bond acceptors (Lipinski definition) is 6. The Morgan fingerprint density at radius 2 is 1.86 bits per heavy atom. The monoisotopic (exact) mass is 600 g/mol. The van der Waals surface area contributed by atoms with E-state index < -0.39 is 11.4 Å². The molecule has 0 unspecified atom stereocenters. The van der Waals surface area contributed by atoms with Crippen molar-refractivity contribution in [3.8, 4) is 22.4 Å². The van der Waals surface area contributed by atoms with Crippen LogP contribution in [0.3, 0.4) is 0 Å². The first-order valence-electron chi connectivity index (χ1n) is 15.7. The Balaban J connectivity index is 1.60. The van der Waals surface area contributed by atoms with Crippen LogP contribution in [0.2, 0.25) is 0 Å². The molecule has 5 rings (SSSR count). The van der Waals surface area contributed by atoms with Crippen LogP contribution in [0.4, 0.5) is 10.1 Å². The molecule has 1 aliphatic carbocycles. The minimum atomic E-state index is -0.877. The van der Waals surface area contributed by atoms with Crippen molar-refractivity contribution in [2.75, 3.05) is 5.73 Å². The van der Waals surface area contributed by atoms with Crippen molar-refractivity contribution in [1.82, 2.24) is 4.98 Å². The first-order valence-corrected chi connectivity index (χ1v) is 15.7. The lowest BCUT2D eigenvalue weighted by molar-refractivity contribution is -0.290. The van der Waals surface area contributed by atoms with Gasteiger partial charge in [-0.05, 0) is 106 Å². The molecular weight excluding hydrogens is 555 g/mol. The smallest absolute Gasteiger partial charge is 0.308 e. The van der Waals surface area contributed by atoms with Crippen LogP contribution in [-0.2, 0) is 31.8 Å². The highest BCUT2D eigenvalue weighted by atomic mass is 19.1. The molecule has 3 aromatic rings. The molecule has 2 heterocycles. The molecule has 1 aromatic heterocycles. The number of anilines is 1. The van der Waals surface area contributed by atoms with Gasteiger partial charge in [0.2, 0.25) is 0 Å². The number of carbonyl (C=O) groups is 1. The Bertz CT molecular complexity index is 1550. The second-order valence-corrected chi connectivity index (χ2v) is 13.7. The number of ether oxygens (including phenoxy) is 3. The van der Waals surface area contributed by atoms with Crippen LogP contribution < -0.4 is 5.73 Å². The van der Waals surface area contributed by atoms with Gasteiger partial charge in [0.05, 0.1) is 30.0 Å². The number of fused-ring (bicyclic) bond motifs is 3. The number of aryl methyl sites for hydroxylation is 1. The summed E-state index contributed by atoms with van der Waals surface area (Å²) in [6.07, 6.45) is 6.87. The SMILES string of the molecule is CC(C)c1nc2c(c(-c3ccc(F)cc3)c1C=C[C@@H]1C[C@H](CC(=O)OC(C)(C)C)OC(C)(C)O1)CCCc1cc(N)ccc1-2. The molecule has 6 nitrogen and oxygen atoms in total. The molecule has 1 saturated heterocycles. The van der Waals surface area contributed by atoms with E-state index in [1.54, 1.807) is 0 Å². The summed E-state index contributed by atoms with van der Waals surface area (Å²) in [6, 6.07) is 12.8. The van der Waals surface area contributed by atoms with Gasteiger partial charge in [-0.2, -0.15) is 0 Å². The van der Waals surface area contributed by atoms with Gasteiger partial charge in [-0.1, -0.05) is 44.2 Å². The summed E-state index contributed by atoms with van der Waals surface area (Å²) >= 11 is 0. The van der Waals surface area contributed by atoms with E-state index in [1.807, 2.05) is 52.8 Å². The summed E-state index contributed by atoms with van der Waals surface area (Å²) in [5.41, 5.74) is 14.8.